The monoisotopic (exact) mass is 338 g/mol. The Balaban J connectivity index is 1.67. The van der Waals surface area contributed by atoms with Gasteiger partial charge in [0.25, 0.3) is 5.91 Å². The van der Waals surface area contributed by atoms with Crippen LogP contribution in [0.3, 0.4) is 0 Å². The fraction of sp³-hybridized carbons (Fsp3) is 0.278. The third kappa shape index (κ3) is 2.62. The maximum Gasteiger partial charge on any atom is 0.347 e. The van der Waals surface area contributed by atoms with E-state index in [2.05, 4.69) is 10.2 Å². The Kier molecular flexibility index (Phi) is 3.65. The first-order valence-corrected chi connectivity index (χ1v) is 8.13. The van der Waals surface area contributed by atoms with Gasteiger partial charge in [0.05, 0.1) is 18.7 Å². The van der Waals surface area contributed by atoms with E-state index in [0.29, 0.717) is 30.9 Å². The van der Waals surface area contributed by atoms with Gasteiger partial charge >= 0.3 is 5.69 Å². The molecule has 1 fully saturated rings. The summed E-state index contributed by atoms with van der Waals surface area (Å²) in [5.74, 6) is -0.157. The van der Waals surface area contributed by atoms with Crippen LogP contribution >= 0.6 is 0 Å². The van der Waals surface area contributed by atoms with E-state index in [4.69, 9.17) is 4.74 Å². The van der Waals surface area contributed by atoms with Crippen molar-refractivity contribution in [2.24, 2.45) is 0 Å². The lowest BCUT2D eigenvalue weighted by atomic mass is 9.93. The van der Waals surface area contributed by atoms with Crippen LogP contribution in [0.5, 0.6) is 0 Å². The largest absolute Gasteiger partial charge is 0.367 e. The van der Waals surface area contributed by atoms with Gasteiger partial charge in [-0.05, 0) is 24.6 Å². The van der Waals surface area contributed by atoms with Crippen molar-refractivity contribution >= 4 is 11.6 Å². The Bertz CT molecular complexity index is 979. The van der Waals surface area contributed by atoms with Crippen LogP contribution in [-0.2, 0) is 10.3 Å². The van der Waals surface area contributed by atoms with E-state index in [1.807, 2.05) is 37.3 Å². The summed E-state index contributed by atoms with van der Waals surface area (Å²) in [6.07, 6.45) is 1.59. The fourth-order valence-corrected chi connectivity index (χ4v) is 3.28. The van der Waals surface area contributed by atoms with Gasteiger partial charge in [-0.1, -0.05) is 30.3 Å². The summed E-state index contributed by atoms with van der Waals surface area (Å²) < 4.78 is 7.33. The maximum atomic E-state index is 13.0. The highest BCUT2D eigenvalue weighted by Gasteiger charge is 2.36. The molecule has 0 radical (unpaired) electrons. The molecule has 3 aromatic rings. The van der Waals surface area contributed by atoms with E-state index in [1.165, 1.54) is 4.40 Å². The van der Waals surface area contributed by atoms with Gasteiger partial charge in [0.1, 0.15) is 5.60 Å². The molecule has 1 amide bonds. The minimum Gasteiger partial charge on any atom is -0.367 e. The molecule has 0 spiro atoms. The molecule has 1 aliphatic heterocycles. The molecule has 25 heavy (non-hydrogen) atoms. The normalized spacial score (nSPS) is 20.8. The Morgan fingerprint density at radius 3 is 2.84 bits per heavy atom. The number of H-pyrrole nitrogens is 1. The smallest absolute Gasteiger partial charge is 0.347 e. The van der Waals surface area contributed by atoms with Gasteiger partial charge in [0.2, 0.25) is 0 Å². The average Bonchev–Trinajstić information content (AvgIpc) is 3.03. The van der Waals surface area contributed by atoms with Crippen LogP contribution in [0.2, 0.25) is 0 Å². The number of fused-ring (bicyclic) bond motifs is 1. The molecule has 0 bridgehead atoms. The Morgan fingerprint density at radius 1 is 1.24 bits per heavy atom. The van der Waals surface area contributed by atoms with E-state index < -0.39 is 5.60 Å². The van der Waals surface area contributed by atoms with Crippen molar-refractivity contribution in [3.8, 4) is 0 Å². The standard InChI is InChI=1S/C18H18N4O3/c1-18(13-6-3-2-4-7-13)12-21(10-11-25-18)16(23)14-8-5-9-22-15(14)19-20-17(22)24/h2-9H,10-12H2,1H3,(H,20,24). The highest BCUT2D eigenvalue weighted by molar-refractivity contribution is 5.99. The number of amides is 1. The number of aromatic amines is 1. The van der Waals surface area contributed by atoms with Gasteiger partial charge in [-0.2, -0.15) is 5.10 Å². The van der Waals surface area contributed by atoms with Crippen molar-refractivity contribution in [1.82, 2.24) is 19.5 Å². The quantitative estimate of drug-likeness (QED) is 0.766. The van der Waals surface area contributed by atoms with Crippen LogP contribution in [-0.4, -0.2) is 45.1 Å². The van der Waals surface area contributed by atoms with Crippen LogP contribution in [0.4, 0.5) is 0 Å². The maximum absolute atomic E-state index is 13.0. The molecule has 1 atom stereocenters. The van der Waals surface area contributed by atoms with Crippen LogP contribution in [0, 0.1) is 0 Å². The molecule has 1 saturated heterocycles. The van der Waals surface area contributed by atoms with E-state index in [1.54, 1.807) is 23.2 Å². The summed E-state index contributed by atoms with van der Waals surface area (Å²) in [4.78, 5) is 26.5. The molecule has 7 heteroatoms. The summed E-state index contributed by atoms with van der Waals surface area (Å²) >= 11 is 0. The summed E-state index contributed by atoms with van der Waals surface area (Å²) in [6, 6.07) is 13.2. The summed E-state index contributed by atoms with van der Waals surface area (Å²) in [5.41, 5.74) is 0.844. The molecule has 0 aliphatic carbocycles. The Morgan fingerprint density at radius 2 is 2.04 bits per heavy atom. The van der Waals surface area contributed by atoms with Crippen molar-refractivity contribution in [1.29, 1.82) is 0 Å². The van der Waals surface area contributed by atoms with Gasteiger partial charge < -0.3 is 9.64 Å². The van der Waals surface area contributed by atoms with Crippen molar-refractivity contribution in [3.63, 3.8) is 0 Å². The molecule has 1 N–H and O–H groups in total. The first-order chi connectivity index (χ1) is 12.1. The molecule has 1 aromatic carbocycles. The minimum atomic E-state index is -0.564. The second-order valence-electron chi connectivity index (χ2n) is 6.32. The van der Waals surface area contributed by atoms with Crippen LogP contribution in [0.25, 0.3) is 5.65 Å². The zero-order valence-electron chi connectivity index (χ0n) is 13.8. The number of aromatic nitrogens is 3. The zero-order valence-corrected chi connectivity index (χ0v) is 13.8. The number of hydrogen-bond acceptors (Lipinski definition) is 4. The highest BCUT2D eigenvalue weighted by atomic mass is 16.5. The molecule has 1 unspecified atom stereocenters. The Hall–Kier alpha value is -2.93. The number of ether oxygens (including phenoxy) is 1. The van der Waals surface area contributed by atoms with Crippen molar-refractivity contribution in [3.05, 3.63) is 70.3 Å². The van der Waals surface area contributed by atoms with E-state index in [0.717, 1.165) is 5.56 Å². The number of pyridine rings is 1. The molecule has 128 valence electrons. The third-order valence-corrected chi connectivity index (χ3v) is 4.62. The van der Waals surface area contributed by atoms with Gasteiger partial charge in [0.15, 0.2) is 5.65 Å². The molecule has 7 nitrogen and oxygen atoms in total. The lowest BCUT2D eigenvalue weighted by Gasteiger charge is -2.40. The van der Waals surface area contributed by atoms with Crippen LogP contribution in [0.15, 0.2) is 53.5 Å². The second-order valence-corrected chi connectivity index (χ2v) is 6.32. The lowest BCUT2D eigenvalue weighted by Crippen LogP contribution is -2.50. The topological polar surface area (TPSA) is 79.7 Å². The third-order valence-electron chi connectivity index (χ3n) is 4.62. The molecular weight excluding hydrogens is 320 g/mol. The predicted octanol–water partition coefficient (Wildman–Crippen LogP) is 1.41. The molecular formula is C18H18N4O3. The summed E-state index contributed by atoms with van der Waals surface area (Å²) in [7, 11) is 0. The summed E-state index contributed by atoms with van der Waals surface area (Å²) in [5, 5.41) is 6.35. The van der Waals surface area contributed by atoms with E-state index >= 15 is 0 Å². The predicted molar refractivity (Wildman–Crippen MR) is 91.5 cm³/mol. The first kappa shape index (κ1) is 15.6. The van der Waals surface area contributed by atoms with Gasteiger partial charge in [-0.3, -0.25) is 4.79 Å². The number of rotatable bonds is 2. The van der Waals surface area contributed by atoms with E-state index in [-0.39, 0.29) is 11.6 Å². The SMILES string of the molecule is CC1(c2ccccc2)CN(C(=O)c2cccn3c(=O)[nH]nc23)CCO1. The van der Waals surface area contributed by atoms with E-state index in [9.17, 15) is 9.59 Å². The number of carbonyl (C=O) groups is 1. The average molecular weight is 338 g/mol. The fourth-order valence-electron chi connectivity index (χ4n) is 3.28. The minimum absolute atomic E-state index is 0.157. The van der Waals surface area contributed by atoms with Crippen LogP contribution in [0.1, 0.15) is 22.8 Å². The second kappa shape index (κ2) is 5.86. The number of benzene rings is 1. The lowest BCUT2D eigenvalue weighted by molar-refractivity contribution is -0.0930. The van der Waals surface area contributed by atoms with Crippen molar-refractivity contribution in [2.45, 2.75) is 12.5 Å². The first-order valence-electron chi connectivity index (χ1n) is 8.13. The highest BCUT2D eigenvalue weighted by Crippen LogP contribution is 2.30. The molecule has 4 rings (SSSR count). The molecule has 2 aromatic heterocycles. The van der Waals surface area contributed by atoms with Gasteiger partial charge in [-0.15, -0.1) is 0 Å². The number of carbonyl (C=O) groups excluding carboxylic acids is 1. The number of hydrogen-bond donors (Lipinski definition) is 1. The Labute approximate surface area is 143 Å². The molecule has 1 aliphatic rings. The van der Waals surface area contributed by atoms with Gasteiger partial charge in [0, 0.05) is 12.7 Å². The number of morpholine rings is 1. The van der Waals surface area contributed by atoms with Crippen LogP contribution < -0.4 is 5.69 Å². The molecule has 0 saturated carbocycles. The number of nitrogens with one attached hydrogen (secondary N) is 1. The zero-order chi connectivity index (χ0) is 17.4. The summed E-state index contributed by atoms with van der Waals surface area (Å²) in [6.45, 7) is 3.37. The van der Waals surface area contributed by atoms with Crippen molar-refractivity contribution in [2.75, 3.05) is 19.7 Å². The van der Waals surface area contributed by atoms with Gasteiger partial charge in [-0.25, -0.2) is 14.3 Å². The van der Waals surface area contributed by atoms with Crippen molar-refractivity contribution < 1.29 is 9.53 Å². The molecule has 3 heterocycles. The number of nitrogens with zero attached hydrogens (tertiary/aromatic N) is 3.